The second-order valence-electron chi connectivity index (χ2n) is 7.99. The topological polar surface area (TPSA) is 97.6 Å². The minimum Gasteiger partial charge on any atom is -0.361 e. The highest BCUT2D eigenvalue weighted by Gasteiger charge is 2.22. The molecule has 0 radical (unpaired) electrons. The molecule has 0 saturated carbocycles. The van der Waals surface area contributed by atoms with Gasteiger partial charge in [-0.05, 0) is 31.4 Å². The highest BCUT2D eigenvalue weighted by molar-refractivity contribution is 7.09. The van der Waals surface area contributed by atoms with E-state index in [1.54, 1.807) is 15.9 Å². The summed E-state index contributed by atoms with van der Waals surface area (Å²) in [6.45, 7) is 2.91. The first-order valence-corrected chi connectivity index (χ1v) is 11.4. The molecule has 1 aliphatic heterocycles. The van der Waals surface area contributed by atoms with Crippen LogP contribution in [0, 0.1) is 6.92 Å². The molecule has 4 heterocycles. The Hall–Kier alpha value is -3.20. The summed E-state index contributed by atoms with van der Waals surface area (Å²) in [5.74, 6) is 0.788. The van der Waals surface area contributed by atoms with Gasteiger partial charge in [0.05, 0.1) is 23.7 Å². The van der Waals surface area contributed by atoms with Crippen LogP contribution in [0.15, 0.2) is 40.6 Å². The summed E-state index contributed by atoms with van der Waals surface area (Å²) < 4.78 is 3.24. The van der Waals surface area contributed by atoms with E-state index in [-0.39, 0.29) is 17.6 Å². The third-order valence-corrected chi connectivity index (χ3v) is 6.61. The van der Waals surface area contributed by atoms with Gasteiger partial charge in [-0.3, -0.25) is 9.36 Å². The first-order valence-electron chi connectivity index (χ1n) is 10.5. The van der Waals surface area contributed by atoms with E-state index < -0.39 is 0 Å². The number of carbonyl (C=O) groups is 1. The number of thiazole rings is 1. The lowest BCUT2D eigenvalue weighted by Crippen LogP contribution is -2.36. The Balaban J connectivity index is 1.22. The van der Waals surface area contributed by atoms with E-state index in [9.17, 15) is 9.59 Å². The molecule has 0 aliphatic carbocycles. The summed E-state index contributed by atoms with van der Waals surface area (Å²) in [5, 5.41) is 11.7. The van der Waals surface area contributed by atoms with Gasteiger partial charge in [-0.15, -0.1) is 11.3 Å². The minimum absolute atomic E-state index is 0.00519. The largest absolute Gasteiger partial charge is 0.361 e. The summed E-state index contributed by atoms with van der Waals surface area (Å²) in [6, 6.07) is 8.02. The van der Waals surface area contributed by atoms with E-state index in [0.29, 0.717) is 32.4 Å². The third kappa shape index (κ3) is 4.05. The molecule has 1 atom stereocenters. The van der Waals surface area contributed by atoms with Gasteiger partial charge in [-0.25, -0.2) is 14.5 Å². The molecule has 1 amide bonds. The number of nitrogens with one attached hydrogen (secondary N) is 2. The highest BCUT2D eigenvalue weighted by atomic mass is 32.1. The number of amides is 1. The van der Waals surface area contributed by atoms with Crippen LogP contribution in [0.4, 0.5) is 0 Å². The van der Waals surface area contributed by atoms with Crippen molar-refractivity contribution in [3.63, 3.8) is 0 Å². The zero-order valence-electron chi connectivity index (χ0n) is 17.3. The summed E-state index contributed by atoms with van der Waals surface area (Å²) in [7, 11) is 0. The van der Waals surface area contributed by atoms with Crippen LogP contribution in [0.2, 0.25) is 0 Å². The highest BCUT2D eigenvalue weighted by Crippen LogP contribution is 2.19. The van der Waals surface area contributed by atoms with Gasteiger partial charge in [-0.2, -0.15) is 5.10 Å². The zero-order chi connectivity index (χ0) is 21.4. The summed E-state index contributed by atoms with van der Waals surface area (Å²) >= 11 is 1.57. The maximum Gasteiger partial charge on any atom is 0.346 e. The van der Waals surface area contributed by atoms with Crippen molar-refractivity contribution in [2.45, 2.75) is 51.7 Å². The lowest BCUT2D eigenvalue weighted by Gasteiger charge is -2.16. The normalized spacial score (nSPS) is 16.2. The van der Waals surface area contributed by atoms with Gasteiger partial charge < -0.3 is 10.3 Å². The number of hydrogen-bond acceptors (Lipinski definition) is 5. The van der Waals surface area contributed by atoms with Crippen molar-refractivity contribution in [3.8, 4) is 0 Å². The lowest BCUT2D eigenvalue weighted by atomic mass is 10.1. The van der Waals surface area contributed by atoms with Crippen LogP contribution in [0.25, 0.3) is 10.9 Å². The van der Waals surface area contributed by atoms with E-state index >= 15 is 0 Å². The summed E-state index contributed by atoms with van der Waals surface area (Å²) in [6.07, 6.45) is 4.39. The number of para-hydroxylation sites is 1. The van der Waals surface area contributed by atoms with Crippen molar-refractivity contribution in [1.82, 2.24) is 29.6 Å². The Labute approximate surface area is 182 Å². The molecule has 4 aromatic rings. The minimum atomic E-state index is -0.105. The Bertz CT molecular complexity index is 1300. The fraction of sp³-hybridized carbons (Fsp3) is 0.364. The van der Waals surface area contributed by atoms with E-state index in [0.717, 1.165) is 39.4 Å². The van der Waals surface area contributed by atoms with Crippen LogP contribution in [0.5, 0.6) is 0 Å². The Morgan fingerprint density at radius 1 is 1.32 bits per heavy atom. The molecule has 0 saturated heterocycles. The number of aryl methyl sites for hydroxylation is 2. The number of fused-ring (bicyclic) bond motifs is 2. The molecule has 31 heavy (non-hydrogen) atoms. The SMILES string of the molecule is Cc1nc(Cn2nc3n(c2=O)CCC(NC(=O)Cc2c[nH]c4ccccc24)CC3)cs1. The molecule has 160 valence electrons. The van der Waals surface area contributed by atoms with Gasteiger partial charge in [0.2, 0.25) is 5.91 Å². The van der Waals surface area contributed by atoms with Gasteiger partial charge >= 0.3 is 5.69 Å². The number of H-pyrrole nitrogens is 1. The average molecular weight is 437 g/mol. The van der Waals surface area contributed by atoms with E-state index in [2.05, 4.69) is 20.4 Å². The predicted molar refractivity (Wildman–Crippen MR) is 119 cm³/mol. The second kappa shape index (κ2) is 8.14. The number of hydrogen-bond donors (Lipinski definition) is 2. The number of benzene rings is 1. The molecule has 1 unspecified atom stereocenters. The van der Waals surface area contributed by atoms with Crippen LogP contribution in [-0.2, 0) is 30.7 Å². The number of carbonyl (C=O) groups excluding carboxylic acids is 1. The molecule has 0 fully saturated rings. The molecule has 8 nitrogen and oxygen atoms in total. The van der Waals surface area contributed by atoms with Crippen LogP contribution in [-0.4, -0.2) is 36.3 Å². The quantitative estimate of drug-likeness (QED) is 0.502. The zero-order valence-corrected chi connectivity index (χ0v) is 18.1. The Morgan fingerprint density at radius 2 is 2.19 bits per heavy atom. The van der Waals surface area contributed by atoms with Crippen molar-refractivity contribution < 1.29 is 4.79 Å². The molecule has 3 aromatic heterocycles. The van der Waals surface area contributed by atoms with Crippen LogP contribution in [0.1, 0.15) is 34.9 Å². The van der Waals surface area contributed by atoms with Gasteiger partial charge in [0, 0.05) is 41.5 Å². The van der Waals surface area contributed by atoms with E-state index in [4.69, 9.17) is 0 Å². The number of aromatic amines is 1. The molecule has 0 spiro atoms. The van der Waals surface area contributed by atoms with Crippen molar-refractivity contribution in [1.29, 1.82) is 0 Å². The maximum absolute atomic E-state index is 12.8. The van der Waals surface area contributed by atoms with E-state index in [1.165, 1.54) is 4.68 Å². The van der Waals surface area contributed by atoms with Gasteiger partial charge in [0.1, 0.15) is 5.82 Å². The molecular weight excluding hydrogens is 412 g/mol. The number of rotatable bonds is 5. The summed E-state index contributed by atoms with van der Waals surface area (Å²) in [5.41, 5.74) is 2.79. The number of nitrogens with zero attached hydrogens (tertiary/aromatic N) is 4. The van der Waals surface area contributed by atoms with Crippen molar-refractivity contribution in [2.24, 2.45) is 0 Å². The fourth-order valence-corrected chi connectivity index (χ4v) is 4.84. The molecule has 9 heteroatoms. The standard InChI is InChI=1S/C22H24N6O2S/c1-14-24-17(13-31-14)12-28-22(30)27-9-8-16(6-7-20(27)26-28)25-21(29)10-15-11-23-19-5-3-2-4-18(15)19/h2-5,11,13,16,23H,6-10,12H2,1H3,(H,25,29). The molecule has 1 aromatic carbocycles. The van der Waals surface area contributed by atoms with Gasteiger partial charge in [0.25, 0.3) is 0 Å². The van der Waals surface area contributed by atoms with E-state index in [1.807, 2.05) is 42.8 Å². The van der Waals surface area contributed by atoms with Crippen LogP contribution >= 0.6 is 11.3 Å². The van der Waals surface area contributed by atoms with Gasteiger partial charge in [0.15, 0.2) is 0 Å². The molecule has 5 rings (SSSR count). The lowest BCUT2D eigenvalue weighted by molar-refractivity contribution is -0.121. The van der Waals surface area contributed by atoms with Crippen molar-refractivity contribution in [2.75, 3.05) is 0 Å². The molecular formula is C22H24N6O2S. The average Bonchev–Trinajstić information content (AvgIpc) is 3.39. The van der Waals surface area contributed by atoms with Crippen LogP contribution in [0.3, 0.4) is 0 Å². The van der Waals surface area contributed by atoms with Crippen molar-refractivity contribution >= 4 is 28.1 Å². The first kappa shape index (κ1) is 19.7. The third-order valence-electron chi connectivity index (χ3n) is 5.79. The fourth-order valence-electron chi connectivity index (χ4n) is 4.24. The van der Waals surface area contributed by atoms with Crippen LogP contribution < -0.4 is 11.0 Å². The summed E-state index contributed by atoms with van der Waals surface area (Å²) in [4.78, 5) is 33.1. The molecule has 0 bridgehead atoms. The predicted octanol–water partition coefficient (Wildman–Crippen LogP) is 2.40. The Morgan fingerprint density at radius 3 is 3.03 bits per heavy atom. The second-order valence-corrected chi connectivity index (χ2v) is 9.06. The van der Waals surface area contributed by atoms with Crippen molar-refractivity contribution in [3.05, 3.63) is 68.4 Å². The molecule has 1 aliphatic rings. The Kier molecular flexibility index (Phi) is 5.19. The number of aromatic nitrogens is 5. The monoisotopic (exact) mass is 436 g/mol. The molecule has 2 N–H and O–H groups in total. The first-order chi connectivity index (χ1) is 15.1. The smallest absolute Gasteiger partial charge is 0.346 e. The van der Waals surface area contributed by atoms with Gasteiger partial charge in [-0.1, -0.05) is 18.2 Å². The maximum atomic E-state index is 12.8.